The van der Waals surface area contributed by atoms with Gasteiger partial charge in [-0.1, -0.05) is 12.1 Å². The molecule has 3 rings (SSSR count). The zero-order chi connectivity index (χ0) is 17.7. The van der Waals surface area contributed by atoms with Gasteiger partial charge in [-0.15, -0.1) is 11.3 Å². The maximum absolute atomic E-state index is 12.4. The summed E-state index contributed by atoms with van der Waals surface area (Å²) in [7, 11) is -3.68. The zero-order valence-electron chi connectivity index (χ0n) is 13.6. The third-order valence-electron chi connectivity index (χ3n) is 3.73. The van der Waals surface area contributed by atoms with E-state index in [-0.39, 0.29) is 10.8 Å². The van der Waals surface area contributed by atoms with Gasteiger partial charge in [0.1, 0.15) is 5.84 Å². The van der Waals surface area contributed by atoms with Gasteiger partial charge >= 0.3 is 0 Å². The maximum atomic E-state index is 12.4. The lowest BCUT2D eigenvalue weighted by Gasteiger charge is -2.10. The molecule has 2 heterocycles. The van der Waals surface area contributed by atoms with Crippen molar-refractivity contribution in [2.45, 2.75) is 30.6 Å². The molecule has 1 aromatic heterocycles. The number of benzene rings is 1. The molecule has 8 heteroatoms. The quantitative estimate of drug-likeness (QED) is 0.811. The fraction of sp³-hybridized carbons (Fsp3) is 0.294. The third kappa shape index (κ3) is 4.90. The van der Waals surface area contributed by atoms with Crippen molar-refractivity contribution in [2.75, 3.05) is 11.9 Å². The van der Waals surface area contributed by atoms with E-state index >= 15 is 0 Å². The Hall–Kier alpha value is -2.19. The van der Waals surface area contributed by atoms with Crippen molar-refractivity contribution >= 4 is 38.8 Å². The second-order valence-electron chi connectivity index (χ2n) is 5.69. The number of sulfonamides is 1. The van der Waals surface area contributed by atoms with Gasteiger partial charge in [-0.25, -0.2) is 8.42 Å². The molecule has 132 valence electrons. The highest BCUT2D eigenvalue weighted by Gasteiger charge is 2.18. The Labute approximate surface area is 151 Å². The largest absolute Gasteiger partial charge is 0.326 e. The number of anilines is 1. The van der Waals surface area contributed by atoms with E-state index in [4.69, 9.17) is 0 Å². The molecule has 1 aliphatic heterocycles. The van der Waals surface area contributed by atoms with E-state index in [2.05, 4.69) is 15.0 Å². The molecule has 0 aliphatic carbocycles. The van der Waals surface area contributed by atoms with E-state index in [1.165, 1.54) is 12.1 Å². The topological polar surface area (TPSA) is 87.6 Å². The number of hydrogen-bond acceptors (Lipinski definition) is 5. The van der Waals surface area contributed by atoms with Crippen molar-refractivity contribution in [2.24, 2.45) is 4.99 Å². The van der Waals surface area contributed by atoms with Gasteiger partial charge in [-0.05, 0) is 42.5 Å². The van der Waals surface area contributed by atoms with Crippen LogP contribution in [0.4, 0.5) is 5.69 Å². The normalized spacial score (nSPS) is 14.2. The lowest BCUT2D eigenvalue weighted by Crippen LogP contribution is -2.29. The van der Waals surface area contributed by atoms with Crippen LogP contribution in [0.3, 0.4) is 0 Å². The van der Waals surface area contributed by atoms with Crippen LogP contribution >= 0.6 is 11.3 Å². The first-order valence-corrected chi connectivity index (χ1v) is 10.4. The Morgan fingerprint density at radius 1 is 1.24 bits per heavy atom. The number of hydrogen-bond donors (Lipinski definition) is 2. The van der Waals surface area contributed by atoms with Crippen LogP contribution in [0.25, 0.3) is 0 Å². The molecule has 1 amide bonds. The van der Waals surface area contributed by atoms with Crippen LogP contribution in [-0.4, -0.2) is 26.7 Å². The summed E-state index contributed by atoms with van der Waals surface area (Å²) in [6.07, 6.45) is 2.52. The molecule has 0 radical (unpaired) electrons. The summed E-state index contributed by atoms with van der Waals surface area (Å²) >= 11 is 1.61. The molecular formula is C17H19N3O3S2. The van der Waals surface area contributed by atoms with Gasteiger partial charge < -0.3 is 5.32 Å². The minimum Gasteiger partial charge on any atom is -0.326 e. The first-order chi connectivity index (χ1) is 12.0. The molecule has 2 aromatic rings. The monoisotopic (exact) mass is 377 g/mol. The van der Waals surface area contributed by atoms with Crippen LogP contribution in [0.2, 0.25) is 0 Å². The lowest BCUT2D eigenvalue weighted by molar-refractivity contribution is -0.116. The van der Waals surface area contributed by atoms with Gasteiger partial charge in [-0.2, -0.15) is 0 Å². The number of aryl methyl sites for hydroxylation is 1. The molecule has 0 bridgehead atoms. The average Bonchev–Trinajstić information content (AvgIpc) is 3.26. The Morgan fingerprint density at radius 2 is 2.12 bits per heavy atom. The Balaban J connectivity index is 1.63. The average molecular weight is 377 g/mol. The van der Waals surface area contributed by atoms with E-state index in [0.717, 1.165) is 11.3 Å². The summed E-state index contributed by atoms with van der Waals surface area (Å²) in [6, 6.07) is 10.2. The van der Waals surface area contributed by atoms with Crippen LogP contribution in [0, 0.1) is 0 Å². The number of nitrogens with zero attached hydrogens (tertiary/aromatic N) is 1. The number of carbonyl (C=O) groups is 1. The van der Waals surface area contributed by atoms with Gasteiger partial charge in [0.2, 0.25) is 5.91 Å². The minimum atomic E-state index is -3.68. The highest BCUT2D eigenvalue weighted by molar-refractivity contribution is 7.90. The van der Waals surface area contributed by atoms with Gasteiger partial charge in [0.05, 0.1) is 4.90 Å². The zero-order valence-corrected chi connectivity index (χ0v) is 15.2. The molecule has 0 atom stereocenters. The van der Waals surface area contributed by atoms with Gasteiger partial charge in [0, 0.05) is 30.0 Å². The summed E-state index contributed by atoms with van der Waals surface area (Å²) in [5.74, 6) is 0.349. The number of aliphatic imine (C=N–C) groups is 1. The predicted octanol–water partition coefficient (Wildman–Crippen LogP) is 2.79. The SMILES string of the molecule is O=C(CCc1cccs1)Nc1cccc(S(=O)(=O)NC2=NCCC2)c1. The van der Waals surface area contributed by atoms with Crippen LogP contribution in [0.5, 0.6) is 0 Å². The summed E-state index contributed by atoms with van der Waals surface area (Å²) in [4.78, 5) is 17.4. The number of amidine groups is 1. The minimum absolute atomic E-state index is 0.109. The fourth-order valence-electron chi connectivity index (χ4n) is 2.49. The summed E-state index contributed by atoms with van der Waals surface area (Å²) < 4.78 is 27.3. The Kier molecular flexibility index (Phi) is 5.50. The fourth-order valence-corrected chi connectivity index (χ4v) is 4.34. The Bertz CT molecular complexity index is 874. The molecule has 1 aliphatic rings. The predicted molar refractivity (Wildman–Crippen MR) is 99.6 cm³/mol. The highest BCUT2D eigenvalue weighted by Crippen LogP contribution is 2.17. The van der Waals surface area contributed by atoms with Gasteiger partial charge in [0.25, 0.3) is 10.0 Å². The van der Waals surface area contributed by atoms with Gasteiger partial charge in [0.15, 0.2) is 0 Å². The van der Waals surface area contributed by atoms with E-state index in [0.29, 0.717) is 37.3 Å². The van der Waals surface area contributed by atoms with Crippen molar-refractivity contribution in [3.8, 4) is 0 Å². The van der Waals surface area contributed by atoms with E-state index in [1.807, 2.05) is 17.5 Å². The molecule has 0 spiro atoms. The van der Waals surface area contributed by atoms with Crippen molar-refractivity contribution in [1.29, 1.82) is 0 Å². The molecule has 2 N–H and O–H groups in total. The van der Waals surface area contributed by atoms with E-state index < -0.39 is 10.0 Å². The highest BCUT2D eigenvalue weighted by atomic mass is 32.2. The van der Waals surface area contributed by atoms with Crippen molar-refractivity contribution in [1.82, 2.24) is 4.72 Å². The maximum Gasteiger partial charge on any atom is 0.262 e. The molecule has 1 aromatic carbocycles. The molecule has 0 saturated heterocycles. The summed E-state index contributed by atoms with van der Waals surface area (Å²) in [5.41, 5.74) is 0.465. The van der Waals surface area contributed by atoms with Crippen LogP contribution in [-0.2, 0) is 21.2 Å². The van der Waals surface area contributed by atoms with E-state index in [9.17, 15) is 13.2 Å². The third-order valence-corrected chi connectivity index (χ3v) is 6.05. The summed E-state index contributed by atoms with van der Waals surface area (Å²) in [5, 5.41) is 4.73. The van der Waals surface area contributed by atoms with Crippen LogP contribution in [0.15, 0.2) is 51.7 Å². The van der Waals surface area contributed by atoms with Crippen molar-refractivity contribution in [3.05, 3.63) is 46.7 Å². The molecule has 0 unspecified atom stereocenters. The van der Waals surface area contributed by atoms with Crippen LogP contribution < -0.4 is 10.0 Å². The molecule has 0 fully saturated rings. The second kappa shape index (κ2) is 7.79. The summed E-state index contributed by atoms with van der Waals surface area (Å²) in [6.45, 7) is 0.651. The van der Waals surface area contributed by atoms with Crippen molar-refractivity contribution < 1.29 is 13.2 Å². The first kappa shape index (κ1) is 17.6. The molecule has 0 saturated carbocycles. The number of amides is 1. The number of carbonyl (C=O) groups excluding carboxylic acids is 1. The molecule has 6 nitrogen and oxygen atoms in total. The number of rotatable bonds is 6. The number of thiophene rings is 1. The van der Waals surface area contributed by atoms with Gasteiger partial charge in [-0.3, -0.25) is 14.5 Å². The smallest absolute Gasteiger partial charge is 0.262 e. The Morgan fingerprint density at radius 3 is 2.84 bits per heavy atom. The second-order valence-corrected chi connectivity index (χ2v) is 8.41. The number of nitrogens with one attached hydrogen (secondary N) is 2. The van der Waals surface area contributed by atoms with E-state index in [1.54, 1.807) is 23.5 Å². The van der Waals surface area contributed by atoms with Crippen molar-refractivity contribution in [3.63, 3.8) is 0 Å². The molecule has 25 heavy (non-hydrogen) atoms. The molecular weight excluding hydrogens is 358 g/mol. The standard InChI is InChI=1S/C17H19N3O3S2/c21-17(9-8-14-5-3-11-24-14)19-13-4-1-6-15(12-13)25(22,23)20-16-7-2-10-18-16/h1,3-6,11-12H,2,7-10H2,(H,18,20)(H,19,21). The lowest BCUT2D eigenvalue weighted by atomic mass is 10.2. The van der Waals surface area contributed by atoms with Crippen LogP contribution in [0.1, 0.15) is 24.1 Å². The first-order valence-electron chi connectivity index (χ1n) is 8.01.